The quantitative estimate of drug-likeness (QED) is 0.881. The summed E-state index contributed by atoms with van der Waals surface area (Å²) in [5.41, 5.74) is 4.72. The summed E-state index contributed by atoms with van der Waals surface area (Å²) in [6.07, 6.45) is 3.81. The third-order valence-electron chi connectivity index (χ3n) is 3.45. The van der Waals surface area contributed by atoms with Crippen LogP contribution in [0.3, 0.4) is 0 Å². The van der Waals surface area contributed by atoms with Gasteiger partial charge in [-0.25, -0.2) is 0 Å². The summed E-state index contributed by atoms with van der Waals surface area (Å²) in [6, 6.07) is 4.13. The normalized spacial score (nSPS) is 11.0. The maximum Gasteiger partial charge on any atom is 0.0767 e. The van der Waals surface area contributed by atoms with E-state index in [9.17, 15) is 0 Å². The molecule has 4 nitrogen and oxygen atoms in total. The van der Waals surface area contributed by atoms with Crippen molar-refractivity contribution in [1.29, 1.82) is 0 Å². The third kappa shape index (κ3) is 3.27. The predicted octanol–water partition coefficient (Wildman–Crippen LogP) is 2.99. The van der Waals surface area contributed by atoms with Gasteiger partial charge >= 0.3 is 0 Å². The Morgan fingerprint density at radius 3 is 2.65 bits per heavy atom. The first-order valence-corrected chi connectivity index (χ1v) is 7.80. The molecule has 2 heterocycles. The Balaban J connectivity index is 2.01. The average Bonchev–Trinajstić information content (AvgIpc) is 2.75. The number of aromatic nitrogens is 3. The molecule has 5 heteroatoms. The standard InChI is InChI=1S/C15H21BrN4/c1-4-11-7-6-8-18-13(11)9-17-10-14-15(16)12(5-2)19-20(14)3/h6-8,17H,4-5,9-10H2,1-3H3. The molecule has 0 saturated heterocycles. The van der Waals surface area contributed by atoms with Gasteiger partial charge in [0.1, 0.15) is 0 Å². The summed E-state index contributed by atoms with van der Waals surface area (Å²) in [5, 5.41) is 7.96. The first-order chi connectivity index (χ1) is 9.67. The van der Waals surface area contributed by atoms with Crippen molar-refractivity contribution >= 4 is 15.9 Å². The van der Waals surface area contributed by atoms with E-state index in [1.165, 1.54) is 11.3 Å². The summed E-state index contributed by atoms with van der Waals surface area (Å²) < 4.78 is 3.06. The third-order valence-corrected chi connectivity index (χ3v) is 4.37. The Morgan fingerprint density at radius 1 is 1.20 bits per heavy atom. The smallest absolute Gasteiger partial charge is 0.0767 e. The van der Waals surface area contributed by atoms with Crippen LogP contribution in [0.4, 0.5) is 0 Å². The number of pyridine rings is 1. The molecular formula is C15H21BrN4. The second-order valence-electron chi connectivity index (χ2n) is 4.75. The molecule has 2 aromatic rings. The molecule has 1 N–H and O–H groups in total. The monoisotopic (exact) mass is 336 g/mol. The molecule has 0 bridgehead atoms. The molecule has 0 aliphatic heterocycles. The lowest BCUT2D eigenvalue weighted by Gasteiger charge is -2.08. The first kappa shape index (κ1) is 15.2. The van der Waals surface area contributed by atoms with Gasteiger partial charge in [-0.3, -0.25) is 9.67 Å². The number of nitrogens with zero attached hydrogens (tertiary/aromatic N) is 3. The fourth-order valence-electron chi connectivity index (χ4n) is 2.26. The molecule has 0 atom stereocenters. The Labute approximate surface area is 128 Å². The summed E-state index contributed by atoms with van der Waals surface area (Å²) in [6.45, 7) is 5.84. The van der Waals surface area contributed by atoms with Gasteiger partial charge < -0.3 is 5.32 Å². The molecule has 0 aromatic carbocycles. The lowest BCUT2D eigenvalue weighted by Crippen LogP contribution is -2.17. The molecule has 0 aliphatic rings. The highest BCUT2D eigenvalue weighted by Crippen LogP contribution is 2.21. The lowest BCUT2D eigenvalue weighted by atomic mass is 10.1. The van der Waals surface area contributed by atoms with Crippen molar-refractivity contribution in [3.8, 4) is 0 Å². The molecule has 108 valence electrons. The van der Waals surface area contributed by atoms with Crippen LogP contribution >= 0.6 is 15.9 Å². The van der Waals surface area contributed by atoms with Gasteiger partial charge in [-0.1, -0.05) is 19.9 Å². The molecule has 0 aliphatic carbocycles. The van der Waals surface area contributed by atoms with Crippen LogP contribution in [0.5, 0.6) is 0 Å². The fourth-order valence-corrected chi connectivity index (χ4v) is 3.02. The minimum Gasteiger partial charge on any atom is -0.305 e. The minimum atomic E-state index is 0.781. The summed E-state index contributed by atoms with van der Waals surface area (Å²) in [5.74, 6) is 0. The highest BCUT2D eigenvalue weighted by Gasteiger charge is 2.12. The van der Waals surface area contributed by atoms with Crippen LogP contribution in [0.15, 0.2) is 22.8 Å². The van der Waals surface area contributed by atoms with Crippen molar-refractivity contribution in [3.63, 3.8) is 0 Å². The van der Waals surface area contributed by atoms with E-state index in [1.54, 1.807) is 0 Å². The minimum absolute atomic E-state index is 0.781. The van der Waals surface area contributed by atoms with E-state index in [4.69, 9.17) is 0 Å². The largest absolute Gasteiger partial charge is 0.305 e. The zero-order valence-electron chi connectivity index (χ0n) is 12.3. The maximum absolute atomic E-state index is 4.50. The zero-order valence-corrected chi connectivity index (χ0v) is 13.9. The molecule has 0 amide bonds. The van der Waals surface area contributed by atoms with Crippen LogP contribution in [0.1, 0.15) is 36.5 Å². The Hall–Kier alpha value is -1.20. The van der Waals surface area contributed by atoms with E-state index < -0.39 is 0 Å². The fraction of sp³-hybridized carbons (Fsp3) is 0.467. The highest BCUT2D eigenvalue weighted by molar-refractivity contribution is 9.10. The van der Waals surface area contributed by atoms with Gasteiger partial charge in [-0.2, -0.15) is 5.10 Å². The van der Waals surface area contributed by atoms with Crippen LogP contribution in [0.2, 0.25) is 0 Å². The number of halogens is 1. The molecular weight excluding hydrogens is 316 g/mol. The van der Waals surface area contributed by atoms with Gasteiger partial charge in [-0.05, 0) is 40.4 Å². The molecule has 0 radical (unpaired) electrons. The molecule has 0 spiro atoms. The second kappa shape index (κ2) is 6.99. The van der Waals surface area contributed by atoms with Crippen molar-refractivity contribution in [1.82, 2.24) is 20.1 Å². The van der Waals surface area contributed by atoms with Crippen LogP contribution in [-0.4, -0.2) is 14.8 Å². The molecule has 0 saturated carbocycles. The maximum atomic E-state index is 4.50. The van der Waals surface area contributed by atoms with Gasteiger partial charge in [0.05, 0.1) is 21.6 Å². The first-order valence-electron chi connectivity index (χ1n) is 7.01. The Bertz CT molecular complexity index is 577. The van der Waals surface area contributed by atoms with Crippen molar-refractivity contribution in [2.24, 2.45) is 7.05 Å². The van der Waals surface area contributed by atoms with Crippen LogP contribution in [-0.2, 0) is 33.0 Å². The van der Waals surface area contributed by atoms with E-state index in [0.717, 1.165) is 41.8 Å². The number of hydrogen-bond donors (Lipinski definition) is 1. The second-order valence-corrected chi connectivity index (χ2v) is 5.54. The van der Waals surface area contributed by atoms with Crippen LogP contribution in [0.25, 0.3) is 0 Å². The lowest BCUT2D eigenvalue weighted by molar-refractivity contribution is 0.613. The predicted molar refractivity (Wildman–Crippen MR) is 84.4 cm³/mol. The Morgan fingerprint density at radius 2 is 2.00 bits per heavy atom. The highest BCUT2D eigenvalue weighted by atomic mass is 79.9. The van der Waals surface area contributed by atoms with E-state index in [0.29, 0.717) is 0 Å². The van der Waals surface area contributed by atoms with Crippen molar-refractivity contribution in [3.05, 3.63) is 45.4 Å². The molecule has 0 fully saturated rings. The van der Waals surface area contributed by atoms with Gasteiger partial charge in [0.15, 0.2) is 0 Å². The number of nitrogens with one attached hydrogen (secondary N) is 1. The molecule has 20 heavy (non-hydrogen) atoms. The SMILES string of the molecule is CCc1cccnc1CNCc1c(Br)c(CC)nn1C. The van der Waals surface area contributed by atoms with Crippen molar-refractivity contribution < 1.29 is 0 Å². The summed E-state index contributed by atoms with van der Waals surface area (Å²) in [4.78, 5) is 4.45. The molecule has 0 unspecified atom stereocenters. The van der Waals surface area contributed by atoms with Gasteiger partial charge in [-0.15, -0.1) is 0 Å². The van der Waals surface area contributed by atoms with Crippen molar-refractivity contribution in [2.75, 3.05) is 0 Å². The van der Waals surface area contributed by atoms with Crippen LogP contribution in [0, 0.1) is 0 Å². The van der Waals surface area contributed by atoms with E-state index in [2.05, 4.69) is 51.2 Å². The van der Waals surface area contributed by atoms with Crippen LogP contribution < -0.4 is 5.32 Å². The van der Waals surface area contributed by atoms with Gasteiger partial charge in [0.2, 0.25) is 0 Å². The molecule has 2 rings (SSSR count). The number of aryl methyl sites for hydroxylation is 3. The zero-order chi connectivity index (χ0) is 14.5. The number of hydrogen-bond acceptors (Lipinski definition) is 3. The van der Waals surface area contributed by atoms with Gasteiger partial charge in [0, 0.05) is 26.3 Å². The number of rotatable bonds is 6. The van der Waals surface area contributed by atoms with E-state index >= 15 is 0 Å². The van der Waals surface area contributed by atoms with Gasteiger partial charge in [0.25, 0.3) is 0 Å². The van der Waals surface area contributed by atoms with Crippen molar-refractivity contribution in [2.45, 2.75) is 39.8 Å². The Kier molecular flexibility index (Phi) is 5.31. The summed E-state index contributed by atoms with van der Waals surface area (Å²) >= 11 is 3.64. The molecule has 2 aromatic heterocycles. The average molecular weight is 337 g/mol. The van der Waals surface area contributed by atoms with E-state index in [1.807, 2.05) is 24.0 Å². The summed E-state index contributed by atoms with van der Waals surface area (Å²) in [7, 11) is 1.99. The topological polar surface area (TPSA) is 42.7 Å². The van der Waals surface area contributed by atoms with E-state index in [-0.39, 0.29) is 0 Å².